The SMILES string of the molecule is Cn1c(=O)n(C2CCC(=O)NC2=O)c2ccc(C3CCN(C(=O)Nc4cccc(CS(=O)(=O)N5CCC(Nc6cccc(-c7sc(C(=O)O)c(OCC(=O)O)c7Cl)c6)CC5)c4F)CC3)cc21. The second-order valence-electron chi connectivity index (χ2n) is 16.4. The first kappa shape index (κ1) is 46.2. The van der Waals surface area contributed by atoms with Crippen LogP contribution in [0.5, 0.6) is 5.75 Å². The highest BCUT2D eigenvalue weighted by Crippen LogP contribution is 2.46. The number of fused-ring (bicyclic) bond motifs is 1. The zero-order chi connectivity index (χ0) is 47.0. The number of anilines is 2. The summed E-state index contributed by atoms with van der Waals surface area (Å²) in [6, 6.07) is 15.4. The van der Waals surface area contributed by atoms with E-state index in [4.69, 9.17) is 21.4 Å². The molecular weight excluding hydrogens is 921 g/mol. The number of rotatable bonds is 13. The number of aryl methyl sites for hydroxylation is 1. The lowest BCUT2D eigenvalue weighted by Gasteiger charge is -2.32. The molecule has 8 rings (SSSR count). The number of halogens is 2. The van der Waals surface area contributed by atoms with E-state index in [1.54, 1.807) is 42.3 Å². The van der Waals surface area contributed by atoms with Crippen LogP contribution in [-0.4, -0.2) is 106 Å². The Hall–Kier alpha value is -6.29. The molecule has 0 aliphatic carbocycles. The number of hydrogen-bond acceptors (Lipinski definition) is 11. The number of aromatic carboxylic acids is 1. The fourth-order valence-corrected chi connectivity index (χ4v) is 11.8. The fourth-order valence-electron chi connectivity index (χ4n) is 8.80. The van der Waals surface area contributed by atoms with E-state index in [-0.39, 0.29) is 76.4 Å². The Morgan fingerprint density at radius 3 is 2.36 bits per heavy atom. The minimum atomic E-state index is -3.97. The number of carboxylic acids is 2. The smallest absolute Gasteiger partial charge is 0.349 e. The number of amides is 4. The normalized spacial score (nSPS) is 17.7. The molecule has 4 amide bonds. The minimum Gasteiger partial charge on any atom is -0.479 e. The van der Waals surface area contributed by atoms with Gasteiger partial charge in [0.2, 0.25) is 21.8 Å². The summed E-state index contributed by atoms with van der Waals surface area (Å²) in [6.07, 6.45) is 2.41. The Morgan fingerprint density at radius 2 is 1.67 bits per heavy atom. The number of thiophene rings is 1. The van der Waals surface area contributed by atoms with E-state index in [0.29, 0.717) is 65.9 Å². The van der Waals surface area contributed by atoms with Crippen molar-refractivity contribution in [1.82, 2.24) is 23.7 Å². The number of imidazole rings is 1. The van der Waals surface area contributed by atoms with Gasteiger partial charge in [0.05, 0.1) is 27.4 Å². The number of benzene rings is 3. The van der Waals surface area contributed by atoms with Gasteiger partial charge in [-0.1, -0.05) is 41.9 Å². The molecule has 3 aliphatic heterocycles. The number of carboxylic acid groups (broad SMARTS) is 2. The van der Waals surface area contributed by atoms with Crippen LogP contribution in [0.4, 0.5) is 20.6 Å². The average molecular weight is 966 g/mol. The van der Waals surface area contributed by atoms with Crippen LogP contribution in [0.25, 0.3) is 21.5 Å². The van der Waals surface area contributed by atoms with Crippen molar-refractivity contribution in [3.8, 4) is 16.2 Å². The van der Waals surface area contributed by atoms with Crippen LogP contribution in [0.1, 0.15) is 71.3 Å². The predicted octanol–water partition coefficient (Wildman–Crippen LogP) is 5.82. The number of carbonyl (C=O) groups is 5. The number of sulfonamides is 1. The average Bonchev–Trinajstić information content (AvgIpc) is 3.75. The Morgan fingerprint density at radius 1 is 0.939 bits per heavy atom. The molecule has 3 aromatic carbocycles. The van der Waals surface area contributed by atoms with E-state index in [1.807, 2.05) is 12.1 Å². The van der Waals surface area contributed by atoms with Crippen molar-refractivity contribution in [2.45, 2.75) is 62.3 Å². The van der Waals surface area contributed by atoms with Crippen LogP contribution in [0.15, 0.2) is 65.5 Å². The van der Waals surface area contributed by atoms with Crippen molar-refractivity contribution in [3.05, 3.63) is 98.0 Å². The van der Waals surface area contributed by atoms with Crippen molar-refractivity contribution < 1.29 is 51.7 Å². The van der Waals surface area contributed by atoms with Gasteiger partial charge >= 0.3 is 23.7 Å². The number of nitrogens with zero attached hydrogens (tertiary/aromatic N) is 4. The Bertz CT molecular complexity index is 2940. The summed E-state index contributed by atoms with van der Waals surface area (Å²) in [5.74, 6) is -5.11. The second-order valence-corrected chi connectivity index (χ2v) is 19.8. The molecule has 348 valence electrons. The van der Waals surface area contributed by atoms with Crippen LogP contribution < -0.4 is 26.4 Å². The summed E-state index contributed by atoms with van der Waals surface area (Å²) >= 11 is 7.32. The molecule has 1 unspecified atom stereocenters. The molecule has 18 nitrogen and oxygen atoms in total. The lowest BCUT2D eigenvalue weighted by molar-refractivity contribution is -0.139. The van der Waals surface area contributed by atoms with Crippen molar-refractivity contribution in [3.63, 3.8) is 0 Å². The van der Waals surface area contributed by atoms with E-state index < -0.39 is 58.1 Å². The van der Waals surface area contributed by atoms with Crippen LogP contribution in [-0.2, 0) is 37.2 Å². The number of nitrogens with one attached hydrogen (secondary N) is 3. The molecule has 3 fully saturated rings. The van der Waals surface area contributed by atoms with Gasteiger partial charge < -0.3 is 30.5 Å². The number of ether oxygens (including phenoxy) is 1. The molecular formula is C44H45ClFN7O11S2. The summed E-state index contributed by atoms with van der Waals surface area (Å²) < 4.78 is 52.5. The Kier molecular flexibility index (Phi) is 13.2. The highest BCUT2D eigenvalue weighted by molar-refractivity contribution is 7.88. The number of carbonyl (C=O) groups excluding carboxylic acids is 3. The first-order valence-corrected chi connectivity index (χ1v) is 23.9. The monoisotopic (exact) mass is 965 g/mol. The van der Waals surface area contributed by atoms with Gasteiger partial charge in [0.15, 0.2) is 23.1 Å². The molecule has 5 N–H and O–H groups in total. The topological polar surface area (TPSA) is 239 Å². The van der Waals surface area contributed by atoms with Gasteiger partial charge in [0.25, 0.3) is 0 Å². The van der Waals surface area contributed by atoms with Gasteiger partial charge in [0, 0.05) is 56.9 Å². The standard InChI is InChI=1S/C44H45ClFN7O11S2/c1-50-33-21-25(8-9-31(33)53(44(50)61)32-10-11-34(54)49-41(32)57)24-12-16-51(17-13-24)43(60)48-30-7-3-5-27(37(30)46)23-66(62,63)52-18-14-28(15-19-52)47-29-6-2-4-26(20-29)39-36(45)38(64-22-35(55)56)40(65-39)42(58)59/h2-9,20-21,24,28,32,47H,10-19,22-23H2,1H3,(H,48,60)(H,55,56)(H,58,59)(H,49,54,57). The van der Waals surface area contributed by atoms with E-state index in [9.17, 15) is 42.3 Å². The van der Waals surface area contributed by atoms with E-state index >= 15 is 4.39 Å². The number of piperidine rings is 3. The minimum absolute atomic E-state index is 0.0263. The maximum Gasteiger partial charge on any atom is 0.349 e. The van der Waals surface area contributed by atoms with Gasteiger partial charge in [-0.2, -0.15) is 0 Å². The van der Waals surface area contributed by atoms with Crippen LogP contribution in [0.3, 0.4) is 0 Å². The van der Waals surface area contributed by atoms with Gasteiger partial charge in [-0.3, -0.25) is 24.0 Å². The summed E-state index contributed by atoms with van der Waals surface area (Å²) in [7, 11) is -2.33. The molecule has 5 heterocycles. The highest BCUT2D eigenvalue weighted by Gasteiger charge is 2.33. The van der Waals surface area contributed by atoms with Crippen LogP contribution in [0.2, 0.25) is 5.02 Å². The molecule has 22 heteroatoms. The zero-order valence-electron chi connectivity index (χ0n) is 35.4. The van der Waals surface area contributed by atoms with Crippen molar-refractivity contribution in [1.29, 1.82) is 0 Å². The van der Waals surface area contributed by atoms with Crippen molar-refractivity contribution in [2.75, 3.05) is 43.4 Å². The summed E-state index contributed by atoms with van der Waals surface area (Å²) in [5, 5.41) is 27.0. The molecule has 0 saturated carbocycles. The molecule has 0 spiro atoms. The number of urea groups is 1. The van der Waals surface area contributed by atoms with Gasteiger partial charge in [-0.25, -0.2) is 36.3 Å². The highest BCUT2D eigenvalue weighted by atomic mass is 35.5. The van der Waals surface area contributed by atoms with Crippen LogP contribution in [0, 0.1) is 5.82 Å². The summed E-state index contributed by atoms with van der Waals surface area (Å²) in [4.78, 5) is 75.5. The molecule has 66 heavy (non-hydrogen) atoms. The number of aliphatic carboxylic acids is 1. The maximum atomic E-state index is 15.9. The molecule has 0 radical (unpaired) electrons. The molecule has 3 saturated heterocycles. The number of hydrogen-bond donors (Lipinski definition) is 5. The largest absolute Gasteiger partial charge is 0.479 e. The molecule has 5 aromatic rings. The number of imide groups is 1. The van der Waals surface area contributed by atoms with Gasteiger partial charge in [-0.05, 0) is 79.5 Å². The molecule has 2 aromatic heterocycles. The van der Waals surface area contributed by atoms with E-state index in [2.05, 4.69) is 16.0 Å². The van der Waals surface area contributed by atoms with Gasteiger partial charge in [-0.15, -0.1) is 11.3 Å². The Labute approximate surface area is 385 Å². The van der Waals surface area contributed by atoms with E-state index in [0.717, 1.165) is 16.9 Å². The maximum absolute atomic E-state index is 15.9. The van der Waals surface area contributed by atoms with Crippen molar-refractivity contribution >= 4 is 85.2 Å². The molecule has 3 aliphatic rings. The fraction of sp³-hybridized carbons (Fsp3) is 0.364. The quantitative estimate of drug-likeness (QED) is 0.0878. The second kappa shape index (κ2) is 18.9. The third-order valence-corrected chi connectivity index (χ3v) is 15.7. The number of aromatic nitrogens is 2. The summed E-state index contributed by atoms with van der Waals surface area (Å²) in [6.45, 7) is 0.283. The number of likely N-dealkylation sites (tertiary alicyclic amines) is 1. The van der Waals surface area contributed by atoms with E-state index in [1.165, 1.54) is 31.6 Å². The Balaban J connectivity index is 0.846. The predicted molar refractivity (Wildman–Crippen MR) is 243 cm³/mol. The van der Waals surface area contributed by atoms with Crippen LogP contribution >= 0.6 is 22.9 Å². The van der Waals surface area contributed by atoms with Crippen molar-refractivity contribution in [2.24, 2.45) is 7.05 Å². The lowest BCUT2D eigenvalue weighted by Crippen LogP contribution is -2.44. The third kappa shape index (κ3) is 9.51. The zero-order valence-corrected chi connectivity index (χ0v) is 37.8. The lowest BCUT2D eigenvalue weighted by atomic mass is 9.89. The first-order valence-electron chi connectivity index (χ1n) is 21.1. The molecule has 0 bridgehead atoms. The third-order valence-electron chi connectivity index (χ3n) is 12.2. The molecule has 1 atom stereocenters. The summed E-state index contributed by atoms with van der Waals surface area (Å²) in [5.41, 5.74) is 2.84. The van der Waals surface area contributed by atoms with Gasteiger partial charge in [0.1, 0.15) is 11.1 Å². The first-order chi connectivity index (χ1) is 31.5.